The third kappa shape index (κ3) is 2.11. The van der Waals surface area contributed by atoms with Crippen LogP contribution in [0.15, 0.2) is 22.7 Å². The highest BCUT2D eigenvalue weighted by Crippen LogP contribution is 2.35. The number of anilines is 1. The number of hydrogen-bond acceptors (Lipinski definition) is 4. The van der Waals surface area contributed by atoms with Crippen LogP contribution >= 0.6 is 39.3 Å². The highest BCUT2D eigenvalue weighted by molar-refractivity contribution is 9.10. The second-order valence-corrected chi connectivity index (χ2v) is 6.28. The summed E-state index contributed by atoms with van der Waals surface area (Å²) in [6, 6.07) is 5.62. The molecule has 6 heteroatoms. The second-order valence-electron chi connectivity index (χ2n) is 3.97. The molecule has 18 heavy (non-hydrogen) atoms. The SMILES string of the molecule is Nc1nc(-c2cc(Br)ccc2Cl)nc2c1CSC2. The van der Waals surface area contributed by atoms with Crippen molar-refractivity contribution in [2.24, 2.45) is 0 Å². The highest BCUT2D eigenvalue weighted by Gasteiger charge is 2.19. The fourth-order valence-corrected chi connectivity index (χ4v) is 3.48. The zero-order valence-corrected chi connectivity index (χ0v) is 12.4. The van der Waals surface area contributed by atoms with E-state index in [9.17, 15) is 0 Å². The molecular weight excluding hydrogens is 334 g/mol. The maximum Gasteiger partial charge on any atom is 0.163 e. The molecule has 3 rings (SSSR count). The molecule has 0 amide bonds. The van der Waals surface area contributed by atoms with Gasteiger partial charge in [0, 0.05) is 27.1 Å². The molecule has 0 fully saturated rings. The van der Waals surface area contributed by atoms with Gasteiger partial charge in [-0.25, -0.2) is 9.97 Å². The Hall–Kier alpha value is -0.780. The van der Waals surface area contributed by atoms with Gasteiger partial charge in [-0.15, -0.1) is 0 Å². The van der Waals surface area contributed by atoms with Crippen LogP contribution in [0.2, 0.25) is 5.02 Å². The van der Waals surface area contributed by atoms with E-state index in [1.807, 2.05) is 18.2 Å². The molecule has 1 aromatic carbocycles. The van der Waals surface area contributed by atoms with E-state index in [0.717, 1.165) is 32.8 Å². The Morgan fingerprint density at radius 3 is 2.94 bits per heavy atom. The van der Waals surface area contributed by atoms with E-state index in [-0.39, 0.29) is 0 Å². The van der Waals surface area contributed by atoms with Crippen molar-refractivity contribution < 1.29 is 0 Å². The van der Waals surface area contributed by atoms with Gasteiger partial charge in [0.25, 0.3) is 0 Å². The van der Waals surface area contributed by atoms with Gasteiger partial charge in [-0.2, -0.15) is 11.8 Å². The number of nitrogen functional groups attached to an aromatic ring is 1. The summed E-state index contributed by atoms with van der Waals surface area (Å²) in [5, 5.41) is 0.628. The van der Waals surface area contributed by atoms with Crippen molar-refractivity contribution in [2.45, 2.75) is 11.5 Å². The number of fused-ring (bicyclic) bond motifs is 1. The van der Waals surface area contributed by atoms with Gasteiger partial charge >= 0.3 is 0 Å². The van der Waals surface area contributed by atoms with Crippen LogP contribution in [0.25, 0.3) is 11.4 Å². The molecule has 1 aliphatic rings. The van der Waals surface area contributed by atoms with Gasteiger partial charge in [-0.3, -0.25) is 0 Å². The number of thioether (sulfide) groups is 1. The first kappa shape index (κ1) is 12.3. The summed E-state index contributed by atoms with van der Waals surface area (Å²) in [6.07, 6.45) is 0. The topological polar surface area (TPSA) is 51.8 Å². The van der Waals surface area contributed by atoms with Gasteiger partial charge < -0.3 is 5.73 Å². The molecule has 0 saturated heterocycles. The smallest absolute Gasteiger partial charge is 0.163 e. The summed E-state index contributed by atoms with van der Waals surface area (Å²) in [4.78, 5) is 8.93. The Balaban J connectivity index is 2.18. The van der Waals surface area contributed by atoms with Crippen molar-refractivity contribution >= 4 is 45.1 Å². The average Bonchev–Trinajstić information content (AvgIpc) is 2.81. The van der Waals surface area contributed by atoms with E-state index < -0.39 is 0 Å². The Kier molecular flexibility index (Phi) is 3.21. The standard InChI is InChI=1S/C12H9BrClN3S/c13-6-1-2-9(14)7(3-6)12-16-10-5-18-4-8(10)11(15)17-12/h1-3H,4-5H2,(H2,15,16,17). The number of nitrogens with two attached hydrogens (primary N) is 1. The summed E-state index contributed by atoms with van der Waals surface area (Å²) >= 11 is 11.4. The van der Waals surface area contributed by atoms with Crippen molar-refractivity contribution in [3.05, 3.63) is 39.0 Å². The Morgan fingerprint density at radius 2 is 2.11 bits per heavy atom. The predicted molar refractivity (Wildman–Crippen MR) is 79.6 cm³/mol. The molecule has 0 aliphatic carbocycles. The second kappa shape index (κ2) is 4.72. The third-order valence-corrected chi connectivity index (χ3v) is 4.57. The van der Waals surface area contributed by atoms with Crippen LogP contribution < -0.4 is 5.73 Å². The van der Waals surface area contributed by atoms with Crippen molar-refractivity contribution in [3.8, 4) is 11.4 Å². The average molecular weight is 343 g/mol. The fourth-order valence-electron chi connectivity index (χ4n) is 1.87. The minimum absolute atomic E-state index is 0.566. The lowest BCUT2D eigenvalue weighted by atomic mass is 10.2. The molecule has 2 aromatic rings. The van der Waals surface area contributed by atoms with E-state index in [1.54, 1.807) is 11.8 Å². The lowest BCUT2D eigenvalue weighted by Gasteiger charge is -2.08. The predicted octanol–water partition coefficient (Wildman–Crippen LogP) is 3.89. The van der Waals surface area contributed by atoms with Crippen molar-refractivity contribution in [3.63, 3.8) is 0 Å². The molecule has 0 unspecified atom stereocenters. The fraction of sp³-hybridized carbons (Fsp3) is 0.167. The zero-order chi connectivity index (χ0) is 12.7. The molecule has 0 bridgehead atoms. The Bertz CT molecular complexity index is 633. The lowest BCUT2D eigenvalue weighted by molar-refractivity contribution is 1.08. The molecule has 0 atom stereocenters. The first-order valence-corrected chi connectivity index (χ1v) is 7.66. The zero-order valence-electron chi connectivity index (χ0n) is 9.28. The number of halogens is 2. The highest BCUT2D eigenvalue weighted by atomic mass is 79.9. The number of nitrogens with zero attached hydrogens (tertiary/aromatic N) is 2. The van der Waals surface area contributed by atoms with Gasteiger partial charge in [-0.05, 0) is 18.2 Å². The molecule has 3 nitrogen and oxygen atoms in total. The van der Waals surface area contributed by atoms with Crippen LogP contribution in [0.4, 0.5) is 5.82 Å². The molecule has 0 saturated carbocycles. The summed E-state index contributed by atoms with van der Waals surface area (Å²) < 4.78 is 0.943. The third-order valence-electron chi connectivity index (χ3n) is 2.78. The van der Waals surface area contributed by atoms with Gasteiger partial charge in [0.15, 0.2) is 5.82 Å². The number of aromatic nitrogens is 2. The van der Waals surface area contributed by atoms with E-state index in [1.165, 1.54) is 0 Å². The monoisotopic (exact) mass is 341 g/mol. The minimum Gasteiger partial charge on any atom is -0.383 e. The van der Waals surface area contributed by atoms with Gasteiger partial charge in [-0.1, -0.05) is 27.5 Å². The molecule has 1 aromatic heterocycles. The molecule has 0 radical (unpaired) electrons. The summed E-state index contributed by atoms with van der Waals surface area (Å²) in [7, 11) is 0. The molecular formula is C12H9BrClN3S. The van der Waals surface area contributed by atoms with Crippen LogP contribution in [0.5, 0.6) is 0 Å². The number of hydrogen-bond donors (Lipinski definition) is 1. The first-order valence-electron chi connectivity index (χ1n) is 5.33. The van der Waals surface area contributed by atoms with Gasteiger partial charge in [0.2, 0.25) is 0 Å². The summed E-state index contributed by atoms with van der Waals surface area (Å²) in [5.41, 5.74) is 8.87. The maximum atomic E-state index is 6.19. The minimum atomic E-state index is 0.566. The Labute approximate surface area is 122 Å². The molecule has 2 heterocycles. The largest absolute Gasteiger partial charge is 0.383 e. The van der Waals surface area contributed by atoms with Crippen LogP contribution in [0.1, 0.15) is 11.3 Å². The molecule has 2 N–H and O–H groups in total. The van der Waals surface area contributed by atoms with Crippen LogP contribution in [-0.4, -0.2) is 9.97 Å². The summed E-state index contributed by atoms with van der Waals surface area (Å²) in [6.45, 7) is 0. The first-order chi connectivity index (χ1) is 8.65. The lowest BCUT2D eigenvalue weighted by Crippen LogP contribution is -2.03. The van der Waals surface area contributed by atoms with Crippen LogP contribution in [-0.2, 0) is 11.5 Å². The number of rotatable bonds is 1. The normalized spacial score (nSPS) is 13.7. The molecule has 92 valence electrons. The number of benzene rings is 1. The van der Waals surface area contributed by atoms with Crippen molar-refractivity contribution in [1.29, 1.82) is 0 Å². The van der Waals surface area contributed by atoms with Crippen molar-refractivity contribution in [2.75, 3.05) is 5.73 Å². The maximum absolute atomic E-state index is 6.19. The molecule has 1 aliphatic heterocycles. The van der Waals surface area contributed by atoms with E-state index in [2.05, 4.69) is 25.9 Å². The van der Waals surface area contributed by atoms with Gasteiger partial charge in [0.05, 0.1) is 10.7 Å². The van der Waals surface area contributed by atoms with Crippen molar-refractivity contribution in [1.82, 2.24) is 9.97 Å². The molecule has 0 spiro atoms. The van der Waals surface area contributed by atoms with E-state index in [0.29, 0.717) is 16.7 Å². The van der Waals surface area contributed by atoms with Gasteiger partial charge in [0.1, 0.15) is 5.82 Å². The summed E-state index contributed by atoms with van der Waals surface area (Å²) in [5.74, 6) is 2.95. The van der Waals surface area contributed by atoms with E-state index >= 15 is 0 Å². The van der Waals surface area contributed by atoms with Crippen LogP contribution in [0, 0.1) is 0 Å². The van der Waals surface area contributed by atoms with E-state index in [4.69, 9.17) is 17.3 Å². The Morgan fingerprint density at radius 1 is 1.28 bits per heavy atom. The quantitative estimate of drug-likeness (QED) is 0.854. The van der Waals surface area contributed by atoms with Crippen LogP contribution in [0.3, 0.4) is 0 Å².